The van der Waals surface area contributed by atoms with Crippen molar-refractivity contribution in [1.82, 2.24) is 0 Å². The van der Waals surface area contributed by atoms with Gasteiger partial charge in [0.2, 0.25) is 0 Å². The van der Waals surface area contributed by atoms with Crippen LogP contribution >= 0.6 is 11.6 Å². The van der Waals surface area contributed by atoms with Crippen molar-refractivity contribution in [3.05, 3.63) is 69.2 Å². The van der Waals surface area contributed by atoms with E-state index in [1.807, 2.05) is 36.4 Å². The molecule has 0 saturated heterocycles. The number of Topliss-reactive ketones (excluding diaryl/α,β-unsaturated/α-hetero) is 1. The Kier molecular flexibility index (Phi) is 3.77. The highest BCUT2D eigenvalue weighted by molar-refractivity contribution is 6.31. The van der Waals surface area contributed by atoms with E-state index in [1.165, 1.54) is 5.56 Å². The number of hydrogen-bond donors (Lipinski definition) is 0. The van der Waals surface area contributed by atoms with Crippen molar-refractivity contribution < 1.29 is 4.79 Å². The molecular weight excluding hydrogens is 282 g/mol. The summed E-state index contributed by atoms with van der Waals surface area (Å²) in [5, 5.41) is 9.60. The molecule has 3 rings (SSSR count). The van der Waals surface area contributed by atoms with Crippen molar-refractivity contribution >= 4 is 17.4 Å². The fourth-order valence-electron chi connectivity index (χ4n) is 2.85. The van der Waals surface area contributed by atoms with Crippen molar-refractivity contribution in [2.75, 3.05) is 0 Å². The summed E-state index contributed by atoms with van der Waals surface area (Å²) in [6, 6.07) is 13.5. The summed E-state index contributed by atoms with van der Waals surface area (Å²) in [4.78, 5) is 11.6. The minimum atomic E-state index is 0.300. The summed E-state index contributed by atoms with van der Waals surface area (Å²) in [6.45, 7) is 0. The zero-order valence-corrected chi connectivity index (χ0v) is 12.3. The molecule has 1 aliphatic rings. The van der Waals surface area contributed by atoms with Crippen molar-refractivity contribution in [1.29, 1.82) is 5.26 Å². The number of ketones is 1. The lowest BCUT2D eigenvalue weighted by molar-refractivity contribution is -0.118. The lowest BCUT2D eigenvalue weighted by atomic mass is 9.85. The summed E-state index contributed by atoms with van der Waals surface area (Å²) < 4.78 is 0. The van der Waals surface area contributed by atoms with Gasteiger partial charge in [0, 0.05) is 17.9 Å². The SMILES string of the molecule is N#Cc1ccc(Cc2c(Cl)ccc3c2CCC(=O)C3)cc1. The lowest BCUT2D eigenvalue weighted by Gasteiger charge is -2.20. The minimum absolute atomic E-state index is 0.300. The molecule has 0 N–H and O–H groups in total. The second-order valence-corrected chi connectivity index (χ2v) is 5.77. The van der Waals surface area contributed by atoms with Gasteiger partial charge in [-0.15, -0.1) is 0 Å². The highest BCUT2D eigenvalue weighted by atomic mass is 35.5. The van der Waals surface area contributed by atoms with E-state index in [0.717, 1.165) is 34.6 Å². The smallest absolute Gasteiger partial charge is 0.137 e. The fourth-order valence-corrected chi connectivity index (χ4v) is 3.09. The van der Waals surface area contributed by atoms with Crippen LogP contribution in [0.4, 0.5) is 0 Å². The largest absolute Gasteiger partial charge is 0.299 e. The third-order valence-corrected chi connectivity index (χ3v) is 4.33. The molecule has 2 nitrogen and oxygen atoms in total. The number of nitriles is 1. The molecule has 0 aromatic heterocycles. The number of nitrogens with zero attached hydrogens (tertiary/aromatic N) is 1. The molecule has 0 heterocycles. The van der Waals surface area contributed by atoms with Crippen LogP contribution in [0.3, 0.4) is 0 Å². The zero-order valence-electron chi connectivity index (χ0n) is 11.5. The Balaban J connectivity index is 1.96. The van der Waals surface area contributed by atoms with Crippen LogP contribution in [0.1, 0.15) is 34.2 Å². The second-order valence-electron chi connectivity index (χ2n) is 5.36. The highest BCUT2D eigenvalue weighted by Crippen LogP contribution is 2.30. The lowest BCUT2D eigenvalue weighted by Crippen LogP contribution is -2.15. The summed E-state index contributed by atoms with van der Waals surface area (Å²) in [5.74, 6) is 0.300. The van der Waals surface area contributed by atoms with Gasteiger partial charge in [-0.3, -0.25) is 4.79 Å². The molecule has 104 valence electrons. The van der Waals surface area contributed by atoms with Gasteiger partial charge in [0.05, 0.1) is 11.6 Å². The molecule has 0 aliphatic heterocycles. The summed E-state index contributed by atoms with van der Waals surface area (Å²) in [6.07, 6.45) is 2.64. The predicted molar refractivity (Wildman–Crippen MR) is 82.4 cm³/mol. The standard InChI is InChI=1S/C18H14ClNO/c19-18-8-5-14-10-15(21)6-7-16(14)17(18)9-12-1-3-13(11-20)4-2-12/h1-5,8H,6-7,9-10H2. The number of halogens is 1. The number of carbonyl (C=O) groups excluding carboxylic acids is 1. The Morgan fingerprint density at radius 3 is 2.57 bits per heavy atom. The number of rotatable bonds is 2. The quantitative estimate of drug-likeness (QED) is 0.844. The Bertz CT molecular complexity index is 741. The fraction of sp³-hybridized carbons (Fsp3) is 0.222. The molecule has 0 bridgehead atoms. The Morgan fingerprint density at radius 2 is 1.86 bits per heavy atom. The van der Waals surface area contributed by atoms with Crippen LogP contribution in [0, 0.1) is 11.3 Å². The van der Waals surface area contributed by atoms with Gasteiger partial charge >= 0.3 is 0 Å². The summed E-state index contributed by atoms with van der Waals surface area (Å²) in [5.41, 5.74) is 5.24. The van der Waals surface area contributed by atoms with Crippen molar-refractivity contribution in [2.24, 2.45) is 0 Å². The summed E-state index contributed by atoms with van der Waals surface area (Å²) >= 11 is 6.37. The third-order valence-electron chi connectivity index (χ3n) is 3.98. The molecular formula is C18H14ClNO. The van der Waals surface area contributed by atoms with Gasteiger partial charge in [0.25, 0.3) is 0 Å². The molecule has 3 heteroatoms. The normalized spacial score (nSPS) is 13.6. The first kappa shape index (κ1) is 13.9. The van der Waals surface area contributed by atoms with E-state index in [-0.39, 0.29) is 0 Å². The van der Waals surface area contributed by atoms with Crippen LogP contribution in [-0.2, 0) is 24.1 Å². The van der Waals surface area contributed by atoms with Gasteiger partial charge in [0.15, 0.2) is 0 Å². The highest BCUT2D eigenvalue weighted by Gasteiger charge is 2.20. The van der Waals surface area contributed by atoms with Crippen LogP contribution in [0.2, 0.25) is 5.02 Å². The van der Waals surface area contributed by atoms with E-state index in [4.69, 9.17) is 16.9 Å². The van der Waals surface area contributed by atoms with Gasteiger partial charge in [-0.25, -0.2) is 0 Å². The van der Waals surface area contributed by atoms with Crippen LogP contribution in [-0.4, -0.2) is 5.78 Å². The molecule has 0 spiro atoms. The second kappa shape index (κ2) is 5.71. The molecule has 0 fully saturated rings. The van der Waals surface area contributed by atoms with Gasteiger partial charge < -0.3 is 0 Å². The Hall–Kier alpha value is -2.11. The van der Waals surface area contributed by atoms with Gasteiger partial charge in [-0.1, -0.05) is 29.8 Å². The van der Waals surface area contributed by atoms with Crippen molar-refractivity contribution in [3.8, 4) is 6.07 Å². The number of fused-ring (bicyclic) bond motifs is 1. The topological polar surface area (TPSA) is 40.9 Å². The maximum absolute atomic E-state index is 11.6. The molecule has 2 aromatic rings. The monoisotopic (exact) mass is 295 g/mol. The van der Waals surface area contributed by atoms with Crippen LogP contribution in [0.25, 0.3) is 0 Å². The van der Waals surface area contributed by atoms with Gasteiger partial charge in [0.1, 0.15) is 5.78 Å². The average Bonchev–Trinajstić information content (AvgIpc) is 2.51. The van der Waals surface area contributed by atoms with E-state index in [2.05, 4.69) is 6.07 Å². The van der Waals surface area contributed by atoms with E-state index in [1.54, 1.807) is 0 Å². The third kappa shape index (κ3) is 2.84. The number of hydrogen-bond acceptors (Lipinski definition) is 2. The van der Waals surface area contributed by atoms with E-state index < -0.39 is 0 Å². The first-order chi connectivity index (χ1) is 10.2. The molecule has 0 amide bonds. The predicted octanol–water partition coefficient (Wildman–Crippen LogP) is 3.86. The van der Waals surface area contributed by atoms with Crippen LogP contribution < -0.4 is 0 Å². The summed E-state index contributed by atoms with van der Waals surface area (Å²) in [7, 11) is 0. The van der Waals surface area contributed by atoms with Crippen LogP contribution in [0.5, 0.6) is 0 Å². The average molecular weight is 296 g/mol. The van der Waals surface area contributed by atoms with Crippen molar-refractivity contribution in [2.45, 2.75) is 25.7 Å². The van der Waals surface area contributed by atoms with Gasteiger partial charge in [-0.2, -0.15) is 5.26 Å². The first-order valence-electron chi connectivity index (χ1n) is 6.97. The van der Waals surface area contributed by atoms with E-state index in [0.29, 0.717) is 24.2 Å². The molecule has 0 unspecified atom stereocenters. The molecule has 2 aromatic carbocycles. The maximum atomic E-state index is 11.6. The Labute approximate surface area is 129 Å². The number of carbonyl (C=O) groups is 1. The molecule has 21 heavy (non-hydrogen) atoms. The number of benzene rings is 2. The van der Waals surface area contributed by atoms with E-state index in [9.17, 15) is 4.79 Å². The first-order valence-corrected chi connectivity index (χ1v) is 7.35. The van der Waals surface area contributed by atoms with E-state index >= 15 is 0 Å². The molecule has 0 radical (unpaired) electrons. The minimum Gasteiger partial charge on any atom is -0.299 e. The maximum Gasteiger partial charge on any atom is 0.137 e. The Morgan fingerprint density at radius 1 is 1.10 bits per heavy atom. The molecule has 0 atom stereocenters. The van der Waals surface area contributed by atoms with Crippen LogP contribution in [0.15, 0.2) is 36.4 Å². The molecule has 1 aliphatic carbocycles. The van der Waals surface area contributed by atoms with Crippen molar-refractivity contribution in [3.63, 3.8) is 0 Å². The van der Waals surface area contributed by atoms with Gasteiger partial charge in [-0.05, 0) is 53.3 Å². The molecule has 0 saturated carbocycles. The zero-order chi connectivity index (χ0) is 14.8.